The van der Waals surface area contributed by atoms with Crippen LogP contribution in [0.1, 0.15) is 5.56 Å². The van der Waals surface area contributed by atoms with Gasteiger partial charge in [-0.25, -0.2) is 9.37 Å². The molecule has 0 fully saturated rings. The van der Waals surface area contributed by atoms with Crippen molar-refractivity contribution in [3.05, 3.63) is 94.5 Å². The lowest BCUT2D eigenvalue weighted by Gasteiger charge is -2.27. The van der Waals surface area contributed by atoms with E-state index in [1.54, 1.807) is 22.8 Å². The van der Waals surface area contributed by atoms with Crippen molar-refractivity contribution in [3.8, 4) is 11.5 Å². The zero-order valence-corrected chi connectivity index (χ0v) is 17.3. The Morgan fingerprint density at radius 3 is 2.58 bits per heavy atom. The van der Waals surface area contributed by atoms with Crippen LogP contribution in [0.25, 0.3) is 10.9 Å². The molecule has 1 atom stereocenters. The van der Waals surface area contributed by atoms with E-state index < -0.39 is 0 Å². The molecule has 3 aromatic carbocycles. The average Bonchev–Trinajstić information content (AvgIpc) is 2.81. The summed E-state index contributed by atoms with van der Waals surface area (Å²) in [5.41, 5.74) is 1.48. The summed E-state index contributed by atoms with van der Waals surface area (Å²) in [6, 6.07) is 21.1. The van der Waals surface area contributed by atoms with Crippen molar-refractivity contribution in [1.82, 2.24) is 9.55 Å². The van der Waals surface area contributed by atoms with Gasteiger partial charge in [0.1, 0.15) is 12.4 Å². The lowest BCUT2D eigenvalue weighted by molar-refractivity contribution is 0.0757. The number of halogens is 1. The molecule has 5 rings (SSSR count). The Morgan fingerprint density at radius 1 is 1.00 bits per heavy atom. The highest BCUT2D eigenvalue weighted by Crippen LogP contribution is 2.31. The van der Waals surface area contributed by atoms with Gasteiger partial charge in [-0.15, -0.1) is 0 Å². The number of benzene rings is 3. The van der Waals surface area contributed by atoms with Crippen LogP contribution in [0.3, 0.4) is 0 Å². The molecule has 1 aliphatic rings. The number of hydrogen-bond acceptors (Lipinski definition) is 5. The SMILES string of the molecule is O=c1c2ccccc2nc(SCc2ccc(F)cc2)n1C[C@@H]1COc2ccccc2O1. The van der Waals surface area contributed by atoms with E-state index >= 15 is 0 Å². The second-order valence-corrected chi connectivity index (χ2v) is 8.18. The maximum absolute atomic E-state index is 13.3. The summed E-state index contributed by atoms with van der Waals surface area (Å²) in [5.74, 6) is 1.66. The van der Waals surface area contributed by atoms with Crippen LogP contribution < -0.4 is 15.0 Å². The van der Waals surface area contributed by atoms with E-state index in [1.807, 2.05) is 42.5 Å². The predicted octanol–water partition coefficient (Wildman–Crippen LogP) is 4.67. The fraction of sp³-hybridized carbons (Fsp3) is 0.167. The Labute approximate surface area is 182 Å². The van der Waals surface area contributed by atoms with Gasteiger partial charge in [-0.1, -0.05) is 48.2 Å². The van der Waals surface area contributed by atoms with Gasteiger partial charge in [0.05, 0.1) is 17.4 Å². The van der Waals surface area contributed by atoms with Gasteiger partial charge in [-0.05, 0) is 42.0 Å². The van der Waals surface area contributed by atoms with Crippen LogP contribution in [0.2, 0.25) is 0 Å². The van der Waals surface area contributed by atoms with Gasteiger partial charge in [-0.3, -0.25) is 9.36 Å². The van der Waals surface area contributed by atoms with Crippen molar-refractivity contribution < 1.29 is 13.9 Å². The minimum atomic E-state index is -0.319. The van der Waals surface area contributed by atoms with E-state index in [9.17, 15) is 9.18 Å². The summed E-state index contributed by atoms with van der Waals surface area (Å²) in [4.78, 5) is 18.0. The number of thioether (sulfide) groups is 1. The van der Waals surface area contributed by atoms with Gasteiger partial charge in [0.2, 0.25) is 0 Å². The Balaban J connectivity index is 1.46. The zero-order chi connectivity index (χ0) is 21.2. The highest BCUT2D eigenvalue weighted by molar-refractivity contribution is 7.98. The fourth-order valence-corrected chi connectivity index (χ4v) is 4.47. The normalized spacial score (nSPS) is 15.2. The van der Waals surface area contributed by atoms with Gasteiger partial charge < -0.3 is 9.47 Å². The number of para-hydroxylation sites is 3. The van der Waals surface area contributed by atoms with E-state index in [0.717, 1.165) is 5.56 Å². The van der Waals surface area contributed by atoms with Gasteiger partial charge in [0.25, 0.3) is 5.56 Å². The van der Waals surface area contributed by atoms with Gasteiger partial charge in [-0.2, -0.15) is 0 Å². The smallest absolute Gasteiger partial charge is 0.262 e. The van der Waals surface area contributed by atoms with Crippen LogP contribution in [-0.4, -0.2) is 22.3 Å². The molecule has 0 saturated heterocycles. The van der Waals surface area contributed by atoms with Crippen molar-refractivity contribution in [1.29, 1.82) is 0 Å². The number of fused-ring (bicyclic) bond motifs is 2. The van der Waals surface area contributed by atoms with Crippen LogP contribution >= 0.6 is 11.8 Å². The van der Waals surface area contributed by atoms with E-state index in [-0.39, 0.29) is 17.5 Å². The first-order valence-corrected chi connectivity index (χ1v) is 10.9. The van der Waals surface area contributed by atoms with Crippen LogP contribution in [0.4, 0.5) is 4.39 Å². The first-order chi connectivity index (χ1) is 15.2. The molecule has 0 bridgehead atoms. The highest BCUT2D eigenvalue weighted by atomic mass is 32.2. The number of rotatable bonds is 5. The molecule has 0 spiro atoms. The lowest BCUT2D eigenvalue weighted by Crippen LogP contribution is -2.37. The maximum Gasteiger partial charge on any atom is 0.262 e. The maximum atomic E-state index is 13.3. The number of nitrogens with zero attached hydrogens (tertiary/aromatic N) is 2. The van der Waals surface area contributed by atoms with Crippen LogP contribution in [0.15, 0.2) is 82.7 Å². The topological polar surface area (TPSA) is 53.4 Å². The third kappa shape index (κ3) is 4.14. The third-order valence-corrected chi connectivity index (χ3v) is 6.11. The number of hydrogen-bond donors (Lipinski definition) is 0. The standard InChI is InChI=1S/C24H19FN2O3S/c25-17-11-9-16(10-12-17)15-31-24-26-20-6-2-1-5-19(20)23(28)27(24)13-18-14-29-21-7-3-4-8-22(21)30-18/h1-12,18H,13-15H2/t18-/m1/s1. The highest BCUT2D eigenvalue weighted by Gasteiger charge is 2.23. The first kappa shape index (κ1) is 19.6. The second-order valence-electron chi connectivity index (χ2n) is 7.24. The molecule has 0 saturated carbocycles. The molecular weight excluding hydrogens is 415 g/mol. The number of ether oxygens (including phenoxy) is 2. The molecule has 4 aromatic rings. The largest absolute Gasteiger partial charge is 0.486 e. The Hall–Kier alpha value is -3.32. The van der Waals surface area contributed by atoms with Gasteiger partial charge in [0.15, 0.2) is 22.8 Å². The molecule has 0 amide bonds. The van der Waals surface area contributed by atoms with Crippen LogP contribution in [0, 0.1) is 5.82 Å². The average molecular weight is 434 g/mol. The van der Waals surface area contributed by atoms with Gasteiger partial charge in [0, 0.05) is 5.75 Å². The molecule has 0 aliphatic carbocycles. The second kappa shape index (κ2) is 8.43. The summed E-state index contributed by atoms with van der Waals surface area (Å²) in [6.45, 7) is 0.662. The molecule has 7 heteroatoms. The minimum absolute atomic E-state index is 0.116. The minimum Gasteiger partial charge on any atom is -0.486 e. The molecule has 2 heterocycles. The van der Waals surface area contributed by atoms with Crippen molar-refractivity contribution in [2.75, 3.05) is 6.61 Å². The van der Waals surface area contributed by atoms with E-state index in [4.69, 9.17) is 14.5 Å². The molecule has 0 radical (unpaired) electrons. The summed E-state index contributed by atoms with van der Waals surface area (Å²) >= 11 is 1.44. The fourth-order valence-electron chi connectivity index (χ4n) is 3.50. The Bertz CT molecular complexity index is 1290. The number of aromatic nitrogens is 2. The first-order valence-electron chi connectivity index (χ1n) is 9.93. The summed E-state index contributed by atoms with van der Waals surface area (Å²) < 4.78 is 26.8. The van der Waals surface area contributed by atoms with Crippen molar-refractivity contribution in [2.24, 2.45) is 0 Å². The Kier molecular flexibility index (Phi) is 5.34. The Morgan fingerprint density at radius 2 is 1.74 bits per heavy atom. The van der Waals surface area contributed by atoms with E-state index in [1.165, 1.54) is 23.9 Å². The summed E-state index contributed by atoms with van der Waals surface area (Å²) in [7, 11) is 0. The third-order valence-electron chi connectivity index (χ3n) is 5.06. The van der Waals surface area contributed by atoms with E-state index in [0.29, 0.717) is 46.5 Å². The van der Waals surface area contributed by atoms with Crippen LogP contribution in [0.5, 0.6) is 11.5 Å². The lowest BCUT2D eigenvalue weighted by atomic mass is 10.2. The molecule has 1 aliphatic heterocycles. The molecule has 0 unspecified atom stereocenters. The zero-order valence-electron chi connectivity index (χ0n) is 16.5. The molecule has 31 heavy (non-hydrogen) atoms. The van der Waals surface area contributed by atoms with Crippen molar-refractivity contribution >= 4 is 22.7 Å². The molecular formula is C24H19FN2O3S. The predicted molar refractivity (Wildman–Crippen MR) is 118 cm³/mol. The summed E-state index contributed by atoms with van der Waals surface area (Å²) in [6.07, 6.45) is -0.319. The monoisotopic (exact) mass is 434 g/mol. The van der Waals surface area contributed by atoms with Gasteiger partial charge >= 0.3 is 0 Å². The molecule has 5 nitrogen and oxygen atoms in total. The van der Waals surface area contributed by atoms with Crippen molar-refractivity contribution in [2.45, 2.75) is 23.6 Å². The van der Waals surface area contributed by atoms with Crippen LogP contribution in [-0.2, 0) is 12.3 Å². The molecule has 156 valence electrons. The molecule has 0 N–H and O–H groups in total. The molecule has 1 aromatic heterocycles. The van der Waals surface area contributed by atoms with Crippen molar-refractivity contribution in [3.63, 3.8) is 0 Å². The quantitative estimate of drug-likeness (QED) is 0.338. The van der Waals surface area contributed by atoms with E-state index in [2.05, 4.69) is 0 Å². The summed E-state index contributed by atoms with van der Waals surface area (Å²) in [5, 5.41) is 1.15.